The van der Waals surface area contributed by atoms with Crippen molar-refractivity contribution in [2.45, 2.75) is 13.8 Å². The molecule has 128 valence electrons. The number of amides is 1. The number of rotatable bonds is 3. The Kier molecular flexibility index (Phi) is 3.93. The summed E-state index contributed by atoms with van der Waals surface area (Å²) in [6, 6.07) is 9.98. The van der Waals surface area contributed by atoms with Crippen LogP contribution in [0, 0.1) is 13.8 Å². The Balaban J connectivity index is 1.68. The molecule has 0 saturated heterocycles. The van der Waals surface area contributed by atoms with Gasteiger partial charge in [-0.3, -0.25) is 9.78 Å². The SMILES string of the molecule is Cc1ccn2cc(-c3ccc(C)c(NC(=O)c4cnccn4)c3)nc2c1. The standard InChI is InChI=1S/C20H17N5O/c1-13-5-8-25-12-18(23-19(25)9-13)15-4-3-14(2)16(10-15)24-20(26)17-11-21-6-7-22-17/h3-12H,1-2H3,(H,24,26). The van der Waals surface area contributed by atoms with Crippen LogP contribution in [0.1, 0.15) is 21.6 Å². The second-order valence-corrected chi connectivity index (χ2v) is 6.17. The summed E-state index contributed by atoms with van der Waals surface area (Å²) in [4.78, 5) is 25.0. The van der Waals surface area contributed by atoms with Crippen LogP contribution >= 0.6 is 0 Å². The van der Waals surface area contributed by atoms with Gasteiger partial charge >= 0.3 is 0 Å². The summed E-state index contributed by atoms with van der Waals surface area (Å²) in [5.74, 6) is -0.288. The average molecular weight is 343 g/mol. The lowest BCUT2D eigenvalue weighted by Gasteiger charge is -2.09. The summed E-state index contributed by atoms with van der Waals surface area (Å²) >= 11 is 0. The average Bonchev–Trinajstić information content (AvgIpc) is 3.07. The zero-order chi connectivity index (χ0) is 18.1. The van der Waals surface area contributed by atoms with Gasteiger partial charge in [0.1, 0.15) is 11.3 Å². The molecule has 0 unspecified atom stereocenters. The fourth-order valence-corrected chi connectivity index (χ4v) is 2.74. The molecular formula is C20H17N5O. The van der Waals surface area contributed by atoms with Gasteiger partial charge in [-0.2, -0.15) is 0 Å². The highest BCUT2D eigenvalue weighted by Gasteiger charge is 2.11. The lowest BCUT2D eigenvalue weighted by Crippen LogP contribution is -2.14. The molecule has 3 aromatic heterocycles. The number of pyridine rings is 1. The summed E-state index contributed by atoms with van der Waals surface area (Å²) < 4.78 is 1.99. The van der Waals surface area contributed by atoms with E-state index in [-0.39, 0.29) is 11.6 Å². The number of carbonyl (C=O) groups is 1. The molecule has 4 rings (SSSR count). The van der Waals surface area contributed by atoms with Gasteiger partial charge in [-0.05, 0) is 43.2 Å². The summed E-state index contributed by atoms with van der Waals surface area (Å²) in [6.07, 6.45) is 8.45. The molecule has 4 aromatic rings. The van der Waals surface area contributed by atoms with Crippen molar-refractivity contribution in [2.75, 3.05) is 5.32 Å². The van der Waals surface area contributed by atoms with Crippen LogP contribution in [0.2, 0.25) is 0 Å². The van der Waals surface area contributed by atoms with Crippen LogP contribution in [-0.4, -0.2) is 25.3 Å². The van der Waals surface area contributed by atoms with Crippen molar-refractivity contribution in [1.29, 1.82) is 0 Å². The minimum atomic E-state index is -0.288. The fourth-order valence-electron chi connectivity index (χ4n) is 2.74. The Bertz CT molecular complexity index is 1100. The van der Waals surface area contributed by atoms with Crippen LogP contribution in [-0.2, 0) is 0 Å². The predicted octanol–water partition coefficient (Wildman–Crippen LogP) is 3.66. The summed E-state index contributed by atoms with van der Waals surface area (Å²) in [7, 11) is 0. The zero-order valence-electron chi connectivity index (χ0n) is 14.5. The third kappa shape index (κ3) is 3.04. The van der Waals surface area contributed by atoms with Crippen LogP contribution in [0.25, 0.3) is 16.9 Å². The maximum absolute atomic E-state index is 12.4. The van der Waals surface area contributed by atoms with Gasteiger partial charge < -0.3 is 9.72 Å². The minimum absolute atomic E-state index is 0.278. The number of benzene rings is 1. The summed E-state index contributed by atoms with van der Waals surface area (Å²) in [5, 5.41) is 2.90. The monoisotopic (exact) mass is 343 g/mol. The molecule has 6 heteroatoms. The number of anilines is 1. The largest absolute Gasteiger partial charge is 0.320 e. The van der Waals surface area contributed by atoms with Gasteiger partial charge in [-0.1, -0.05) is 12.1 Å². The molecule has 0 spiro atoms. The Morgan fingerprint density at radius 3 is 2.81 bits per heavy atom. The van der Waals surface area contributed by atoms with Gasteiger partial charge in [0.2, 0.25) is 0 Å². The van der Waals surface area contributed by atoms with Crippen LogP contribution in [0.3, 0.4) is 0 Å². The first-order chi connectivity index (χ1) is 12.6. The molecule has 0 aliphatic carbocycles. The van der Waals surface area contributed by atoms with Crippen LogP contribution in [0.15, 0.2) is 61.3 Å². The van der Waals surface area contributed by atoms with Gasteiger partial charge in [-0.15, -0.1) is 0 Å². The quantitative estimate of drug-likeness (QED) is 0.616. The minimum Gasteiger partial charge on any atom is -0.320 e. The van der Waals surface area contributed by atoms with Gasteiger partial charge in [0.25, 0.3) is 5.91 Å². The Labute approximate surface area is 150 Å². The number of aromatic nitrogens is 4. The van der Waals surface area contributed by atoms with E-state index in [1.807, 2.05) is 61.0 Å². The van der Waals surface area contributed by atoms with E-state index in [1.165, 1.54) is 18.6 Å². The number of fused-ring (bicyclic) bond motifs is 1. The number of nitrogens with zero attached hydrogens (tertiary/aromatic N) is 4. The van der Waals surface area contributed by atoms with E-state index in [2.05, 4.69) is 20.3 Å². The second-order valence-electron chi connectivity index (χ2n) is 6.17. The molecular weight excluding hydrogens is 326 g/mol. The fraction of sp³-hybridized carbons (Fsp3) is 0.100. The molecule has 1 N–H and O–H groups in total. The Hall–Kier alpha value is -3.54. The van der Waals surface area contributed by atoms with Crippen molar-refractivity contribution in [2.24, 2.45) is 0 Å². The van der Waals surface area contributed by atoms with E-state index in [4.69, 9.17) is 0 Å². The van der Waals surface area contributed by atoms with Crippen molar-refractivity contribution in [3.63, 3.8) is 0 Å². The highest BCUT2D eigenvalue weighted by Crippen LogP contribution is 2.25. The molecule has 6 nitrogen and oxygen atoms in total. The van der Waals surface area contributed by atoms with E-state index < -0.39 is 0 Å². The molecule has 26 heavy (non-hydrogen) atoms. The van der Waals surface area contributed by atoms with E-state index >= 15 is 0 Å². The molecule has 1 amide bonds. The number of nitrogens with one attached hydrogen (secondary N) is 1. The van der Waals surface area contributed by atoms with Crippen molar-refractivity contribution >= 4 is 17.2 Å². The first-order valence-electron chi connectivity index (χ1n) is 8.24. The van der Waals surface area contributed by atoms with Crippen LogP contribution < -0.4 is 5.32 Å². The molecule has 0 aliphatic heterocycles. The van der Waals surface area contributed by atoms with Gasteiger partial charge in [0, 0.05) is 36.0 Å². The highest BCUT2D eigenvalue weighted by atomic mass is 16.1. The number of hydrogen-bond donors (Lipinski definition) is 1. The first kappa shape index (κ1) is 16.0. The van der Waals surface area contributed by atoms with Crippen molar-refractivity contribution in [3.8, 4) is 11.3 Å². The van der Waals surface area contributed by atoms with Gasteiger partial charge in [0.15, 0.2) is 0 Å². The molecule has 0 fully saturated rings. The van der Waals surface area contributed by atoms with Gasteiger partial charge in [-0.25, -0.2) is 9.97 Å². The second kappa shape index (κ2) is 6.40. The lowest BCUT2D eigenvalue weighted by molar-refractivity contribution is 0.102. The third-order valence-electron chi connectivity index (χ3n) is 4.19. The van der Waals surface area contributed by atoms with E-state index in [0.717, 1.165) is 33.7 Å². The summed E-state index contributed by atoms with van der Waals surface area (Å²) in [6.45, 7) is 3.99. The van der Waals surface area contributed by atoms with E-state index in [1.54, 1.807) is 0 Å². The molecule has 0 aliphatic rings. The van der Waals surface area contributed by atoms with Crippen molar-refractivity contribution < 1.29 is 4.79 Å². The van der Waals surface area contributed by atoms with Crippen LogP contribution in [0.4, 0.5) is 5.69 Å². The lowest BCUT2D eigenvalue weighted by atomic mass is 10.1. The van der Waals surface area contributed by atoms with Crippen LogP contribution in [0.5, 0.6) is 0 Å². The van der Waals surface area contributed by atoms with Gasteiger partial charge in [0.05, 0.1) is 11.9 Å². The van der Waals surface area contributed by atoms with Crippen molar-refractivity contribution in [3.05, 3.63) is 78.1 Å². The molecule has 0 bridgehead atoms. The van der Waals surface area contributed by atoms with E-state index in [9.17, 15) is 4.79 Å². The number of aryl methyl sites for hydroxylation is 2. The molecule has 3 heterocycles. The smallest absolute Gasteiger partial charge is 0.275 e. The topological polar surface area (TPSA) is 72.2 Å². The molecule has 1 aromatic carbocycles. The number of imidazole rings is 1. The highest BCUT2D eigenvalue weighted by molar-refractivity contribution is 6.03. The predicted molar refractivity (Wildman–Crippen MR) is 100 cm³/mol. The molecule has 0 atom stereocenters. The normalized spacial score (nSPS) is 10.8. The van der Waals surface area contributed by atoms with Crippen molar-refractivity contribution in [1.82, 2.24) is 19.4 Å². The maximum atomic E-state index is 12.4. The first-order valence-corrected chi connectivity index (χ1v) is 8.24. The Morgan fingerprint density at radius 2 is 2.00 bits per heavy atom. The third-order valence-corrected chi connectivity index (χ3v) is 4.19. The maximum Gasteiger partial charge on any atom is 0.275 e. The number of carbonyl (C=O) groups excluding carboxylic acids is 1. The summed E-state index contributed by atoms with van der Waals surface area (Å²) in [5.41, 5.74) is 5.82. The molecule has 0 radical (unpaired) electrons. The number of hydrogen-bond acceptors (Lipinski definition) is 4. The van der Waals surface area contributed by atoms with E-state index in [0.29, 0.717) is 0 Å². The Morgan fingerprint density at radius 1 is 1.12 bits per heavy atom. The zero-order valence-corrected chi connectivity index (χ0v) is 14.5. The molecule has 0 saturated carbocycles.